The zero-order valence-electron chi connectivity index (χ0n) is 12.8. The van der Waals surface area contributed by atoms with E-state index in [0.29, 0.717) is 13.0 Å². The SMILES string of the molecule is O=C/C=C/Cc1ccccc1CNC(=O)OCc1ccccc1. The molecule has 23 heavy (non-hydrogen) atoms. The molecule has 1 amide bonds. The Morgan fingerprint density at radius 2 is 1.70 bits per heavy atom. The predicted molar refractivity (Wildman–Crippen MR) is 88.8 cm³/mol. The minimum Gasteiger partial charge on any atom is -0.445 e. The molecule has 0 atom stereocenters. The van der Waals surface area contributed by atoms with Gasteiger partial charge in [-0.3, -0.25) is 4.79 Å². The van der Waals surface area contributed by atoms with E-state index in [2.05, 4.69) is 5.32 Å². The Morgan fingerprint density at radius 3 is 2.43 bits per heavy atom. The number of carbonyl (C=O) groups excluding carboxylic acids is 2. The van der Waals surface area contributed by atoms with Crippen LogP contribution in [0.4, 0.5) is 4.79 Å². The van der Waals surface area contributed by atoms with Crippen molar-refractivity contribution < 1.29 is 14.3 Å². The molecule has 0 aliphatic heterocycles. The Bertz CT molecular complexity index is 665. The molecular weight excluding hydrogens is 290 g/mol. The summed E-state index contributed by atoms with van der Waals surface area (Å²) in [7, 11) is 0. The van der Waals surface area contributed by atoms with E-state index in [0.717, 1.165) is 23.0 Å². The van der Waals surface area contributed by atoms with Gasteiger partial charge in [0.1, 0.15) is 12.9 Å². The van der Waals surface area contributed by atoms with Crippen molar-refractivity contribution in [3.8, 4) is 0 Å². The Morgan fingerprint density at radius 1 is 1.00 bits per heavy atom. The van der Waals surface area contributed by atoms with Gasteiger partial charge in [0.25, 0.3) is 0 Å². The second kappa shape index (κ2) is 9.20. The third-order valence-electron chi connectivity index (χ3n) is 3.31. The Labute approximate surface area is 135 Å². The van der Waals surface area contributed by atoms with Gasteiger partial charge in [-0.05, 0) is 29.2 Å². The van der Waals surface area contributed by atoms with Crippen LogP contribution in [-0.2, 0) is 29.1 Å². The highest BCUT2D eigenvalue weighted by atomic mass is 16.5. The van der Waals surface area contributed by atoms with Gasteiger partial charge in [0, 0.05) is 6.54 Å². The number of nitrogens with one attached hydrogen (secondary N) is 1. The topological polar surface area (TPSA) is 55.4 Å². The summed E-state index contributed by atoms with van der Waals surface area (Å²) in [6.45, 7) is 0.634. The van der Waals surface area contributed by atoms with Gasteiger partial charge in [0.15, 0.2) is 0 Å². The molecule has 118 valence electrons. The summed E-state index contributed by atoms with van der Waals surface area (Å²) in [6, 6.07) is 17.3. The minimum absolute atomic E-state index is 0.246. The molecule has 0 radical (unpaired) electrons. The third-order valence-corrected chi connectivity index (χ3v) is 3.31. The van der Waals surface area contributed by atoms with Crippen molar-refractivity contribution in [1.29, 1.82) is 0 Å². The maximum absolute atomic E-state index is 11.8. The van der Waals surface area contributed by atoms with Gasteiger partial charge in [-0.1, -0.05) is 60.7 Å². The second-order valence-electron chi connectivity index (χ2n) is 4.95. The van der Waals surface area contributed by atoms with Crippen molar-refractivity contribution in [1.82, 2.24) is 5.32 Å². The number of hydrogen-bond acceptors (Lipinski definition) is 3. The molecule has 0 aliphatic carbocycles. The molecule has 0 spiro atoms. The van der Waals surface area contributed by atoms with Gasteiger partial charge in [0.05, 0.1) is 0 Å². The molecular formula is C19H19NO3. The number of alkyl carbamates (subject to hydrolysis) is 1. The Kier molecular flexibility index (Phi) is 6.60. The van der Waals surface area contributed by atoms with E-state index in [4.69, 9.17) is 4.74 Å². The third kappa shape index (κ3) is 5.79. The van der Waals surface area contributed by atoms with Gasteiger partial charge >= 0.3 is 6.09 Å². The van der Waals surface area contributed by atoms with E-state index in [9.17, 15) is 9.59 Å². The van der Waals surface area contributed by atoms with E-state index < -0.39 is 6.09 Å². The number of ether oxygens (including phenoxy) is 1. The molecule has 1 N–H and O–H groups in total. The maximum Gasteiger partial charge on any atom is 0.407 e. The van der Waals surface area contributed by atoms with E-state index in [-0.39, 0.29) is 6.61 Å². The van der Waals surface area contributed by atoms with Gasteiger partial charge in [-0.25, -0.2) is 4.79 Å². The van der Waals surface area contributed by atoms with E-state index >= 15 is 0 Å². The van der Waals surface area contributed by atoms with Crippen molar-refractivity contribution in [3.05, 3.63) is 83.4 Å². The first-order chi connectivity index (χ1) is 11.3. The molecule has 0 aliphatic rings. The summed E-state index contributed by atoms with van der Waals surface area (Å²) in [5.41, 5.74) is 3.01. The number of aldehydes is 1. The van der Waals surface area contributed by atoms with Gasteiger partial charge in [-0.15, -0.1) is 0 Å². The van der Waals surface area contributed by atoms with Crippen LogP contribution in [0.1, 0.15) is 16.7 Å². The Hall–Kier alpha value is -2.88. The number of amides is 1. The molecule has 0 heterocycles. The predicted octanol–water partition coefficient (Wildman–Crippen LogP) is 3.41. The first-order valence-electron chi connectivity index (χ1n) is 7.41. The molecule has 0 bridgehead atoms. The van der Waals surface area contributed by atoms with Gasteiger partial charge in [-0.2, -0.15) is 0 Å². The van der Waals surface area contributed by atoms with E-state index in [1.165, 1.54) is 6.08 Å². The summed E-state index contributed by atoms with van der Waals surface area (Å²) in [4.78, 5) is 22.1. The molecule has 0 saturated heterocycles. The van der Waals surface area contributed by atoms with Crippen LogP contribution in [0.25, 0.3) is 0 Å². The van der Waals surface area contributed by atoms with Crippen molar-refractivity contribution >= 4 is 12.4 Å². The minimum atomic E-state index is -0.452. The first-order valence-corrected chi connectivity index (χ1v) is 7.41. The molecule has 0 aromatic heterocycles. The lowest BCUT2D eigenvalue weighted by molar-refractivity contribution is -0.104. The molecule has 0 unspecified atom stereocenters. The monoisotopic (exact) mass is 309 g/mol. The average molecular weight is 309 g/mol. The largest absolute Gasteiger partial charge is 0.445 e. The highest BCUT2D eigenvalue weighted by molar-refractivity contribution is 5.67. The zero-order valence-corrected chi connectivity index (χ0v) is 12.8. The molecule has 2 rings (SSSR count). The lowest BCUT2D eigenvalue weighted by Gasteiger charge is -2.10. The van der Waals surface area contributed by atoms with Crippen LogP contribution in [-0.4, -0.2) is 12.4 Å². The van der Waals surface area contributed by atoms with Crippen LogP contribution in [0.3, 0.4) is 0 Å². The normalized spacial score (nSPS) is 10.4. The number of allylic oxidation sites excluding steroid dienone is 2. The fourth-order valence-corrected chi connectivity index (χ4v) is 2.12. The summed E-state index contributed by atoms with van der Waals surface area (Å²) in [6.07, 6.45) is 4.21. The summed E-state index contributed by atoms with van der Waals surface area (Å²) >= 11 is 0. The van der Waals surface area contributed by atoms with E-state index in [1.807, 2.05) is 54.6 Å². The maximum atomic E-state index is 11.8. The van der Waals surface area contributed by atoms with Gasteiger partial charge < -0.3 is 10.1 Å². The van der Waals surface area contributed by atoms with Crippen LogP contribution in [0.2, 0.25) is 0 Å². The smallest absolute Gasteiger partial charge is 0.407 e. The summed E-state index contributed by atoms with van der Waals surface area (Å²) in [5, 5.41) is 2.75. The molecule has 0 fully saturated rings. The fourth-order valence-electron chi connectivity index (χ4n) is 2.12. The standard InChI is InChI=1S/C19H19NO3/c21-13-7-6-11-17-10-4-5-12-18(17)14-20-19(22)23-15-16-8-2-1-3-9-16/h1-10,12-13H,11,14-15H2,(H,20,22)/b7-6+. The number of carbonyl (C=O) groups is 2. The number of hydrogen-bond donors (Lipinski definition) is 1. The number of benzene rings is 2. The first kappa shape index (κ1) is 16.5. The zero-order chi connectivity index (χ0) is 16.3. The summed E-state index contributed by atoms with van der Waals surface area (Å²) < 4.78 is 5.18. The molecule has 0 saturated carbocycles. The lowest BCUT2D eigenvalue weighted by Crippen LogP contribution is -2.24. The van der Waals surface area contributed by atoms with Crippen LogP contribution in [0.5, 0.6) is 0 Å². The van der Waals surface area contributed by atoms with Gasteiger partial charge in [0.2, 0.25) is 0 Å². The van der Waals surface area contributed by atoms with Crippen molar-refractivity contribution in [2.75, 3.05) is 0 Å². The quantitative estimate of drug-likeness (QED) is 0.630. The average Bonchev–Trinajstić information content (AvgIpc) is 2.60. The van der Waals surface area contributed by atoms with Crippen LogP contribution >= 0.6 is 0 Å². The lowest BCUT2D eigenvalue weighted by atomic mass is 10.0. The molecule has 2 aromatic rings. The molecule has 4 heteroatoms. The van der Waals surface area contributed by atoms with Crippen LogP contribution < -0.4 is 5.32 Å². The number of rotatable bonds is 7. The Balaban J connectivity index is 1.84. The van der Waals surface area contributed by atoms with Crippen molar-refractivity contribution in [2.24, 2.45) is 0 Å². The molecule has 4 nitrogen and oxygen atoms in total. The highest BCUT2D eigenvalue weighted by Gasteiger charge is 2.05. The van der Waals surface area contributed by atoms with Crippen LogP contribution in [0.15, 0.2) is 66.7 Å². The van der Waals surface area contributed by atoms with Crippen molar-refractivity contribution in [2.45, 2.75) is 19.6 Å². The fraction of sp³-hybridized carbons (Fsp3) is 0.158. The second-order valence-corrected chi connectivity index (χ2v) is 4.95. The van der Waals surface area contributed by atoms with E-state index in [1.54, 1.807) is 6.08 Å². The molecule has 2 aromatic carbocycles. The van der Waals surface area contributed by atoms with Crippen LogP contribution in [0, 0.1) is 0 Å². The van der Waals surface area contributed by atoms with Crippen molar-refractivity contribution in [3.63, 3.8) is 0 Å². The summed E-state index contributed by atoms with van der Waals surface area (Å²) in [5.74, 6) is 0. The highest BCUT2D eigenvalue weighted by Crippen LogP contribution is 2.10.